The lowest BCUT2D eigenvalue weighted by Crippen LogP contribution is -2.17. The Labute approximate surface area is 165 Å². The number of rotatable bonds is 3. The second-order valence-electron chi connectivity index (χ2n) is 5.73. The molecular formula is C22H27N3O3. The van der Waals surface area contributed by atoms with Crippen LogP contribution in [-0.2, 0) is 6.42 Å². The highest BCUT2D eigenvalue weighted by Crippen LogP contribution is 2.29. The number of aromatic amines is 1. The first-order chi connectivity index (χ1) is 13.7. The second kappa shape index (κ2) is 11.4. The van der Waals surface area contributed by atoms with E-state index in [0.29, 0.717) is 0 Å². The summed E-state index contributed by atoms with van der Waals surface area (Å²) in [5.41, 5.74) is 3.50. The maximum Gasteiger partial charge on any atom is 0.250 e. The van der Waals surface area contributed by atoms with E-state index in [1.54, 1.807) is 7.11 Å². The third-order valence-corrected chi connectivity index (χ3v) is 3.88. The summed E-state index contributed by atoms with van der Waals surface area (Å²) in [4.78, 5) is 16.1. The van der Waals surface area contributed by atoms with Gasteiger partial charge in [-0.15, -0.1) is 0 Å². The van der Waals surface area contributed by atoms with E-state index >= 15 is 0 Å². The van der Waals surface area contributed by atoms with Crippen LogP contribution < -0.4 is 20.3 Å². The third-order valence-electron chi connectivity index (χ3n) is 3.88. The zero-order valence-corrected chi connectivity index (χ0v) is 16.6. The molecule has 6 nitrogen and oxygen atoms in total. The predicted molar refractivity (Wildman–Crippen MR) is 112 cm³/mol. The van der Waals surface area contributed by atoms with E-state index in [-0.39, 0.29) is 5.56 Å². The molecule has 0 saturated carbocycles. The number of hydrogen-bond donors (Lipinski definition) is 2. The maximum absolute atomic E-state index is 10.2. The first-order valence-corrected chi connectivity index (χ1v) is 9.36. The van der Waals surface area contributed by atoms with Crippen molar-refractivity contribution in [2.24, 2.45) is 0 Å². The highest BCUT2D eigenvalue weighted by atomic mass is 16.5. The van der Waals surface area contributed by atoms with Crippen molar-refractivity contribution in [3.8, 4) is 11.5 Å². The number of fused-ring (bicyclic) bond motifs is 1. The fourth-order valence-corrected chi connectivity index (χ4v) is 2.57. The molecule has 1 aliphatic rings. The molecule has 0 atom stereocenters. The predicted octanol–water partition coefficient (Wildman–Crippen LogP) is 3.89. The van der Waals surface area contributed by atoms with E-state index in [9.17, 15) is 4.79 Å². The number of anilines is 1. The molecule has 0 fully saturated rings. The van der Waals surface area contributed by atoms with Crippen LogP contribution in [0.2, 0.25) is 0 Å². The molecule has 2 N–H and O–H groups in total. The summed E-state index contributed by atoms with van der Waals surface area (Å²) >= 11 is 0. The zero-order chi connectivity index (χ0) is 20.2. The maximum atomic E-state index is 10.2. The van der Waals surface area contributed by atoms with Crippen molar-refractivity contribution in [1.29, 1.82) is 0 Å². The van der Waals surface area contributed by atoms with Crippen LogP contribution in [0.1, 0.15) is 25.0 Å². The van der Waals surface area contributed by atoms with Crippen LogP contribution in [0.25, 0.3) is 0 Å². The van der Waals surface area contributed by atoms with Crippen LogP contribution in [0.5, 0.6) is 11.5 Å². The van der Waals surface area contributed by atoms with Crippen LogP contribution >= 0.6 is 0 Å². The molecule has 0 saturated heterocycles. The zero-order valence-electron chi connectivity index (χ0n) is 16.6. The number of hydrogen-bond acceptors (Lipinski definition) is 5. The van der Waals surface area contributed by atoms with E-state index < -0.39 is 0 Å². The van der Waals surface area contributed by atoms with E-state index in [0.717, 1.165) is 36.8 Å². The van der Waals surface area contributed by atoms with Crippen molar-refractivity contribution in [3.05, 3.63) is 82.5 Å². The Morgan fingerprint density at radius 2 is 1.82 bits per heavy atom. The number of nitrogens with zero attached hydrogens (tertiary/aromatic N) is 1. The summed E-state index contributed by atoms with van der Waals surface area (Å²) in [6.07, 6.45) is 3.70. The molecule has 0 unspecified atom stereocenters. The monoisotopic (exact) mass is 381 g/mol. The SMILES string of the molecule is CC.COc1ccc(Cc2ccc3c(c2)OCCN3)cc1.O=c1ccnc[nH]1. The van der Waals surface area contributed by atoms with Gasteiger partial charge >= 0.3 is 0 Å². The minimum atomic E-state index is -0.116. The minimum Gasteiger partial charge on any atom is -0.497 e. The van der Waals surface area contributed by atoms with Crippen LogP contribution in [0.15, 0.2) is 65.8 Å². The highest BCUT2D eigenvalue weighted by Gasteiger charge is 2.09. The normalized spacial score (nSPS) is 11.2. The second-order valence-corrected chi connectivity index (χ2v) is 5.73. The average Bonchev–Trinajstić information content (AvgIpc) is 2.77. The van der Waals surface area contributed by atoms with Gasteiger partial charge < -0.3 is 19.8 Å². The van der Waals surface area contributed by atoms with Gasteiger partial charge in [0.2, 0.25) is 0 Å². The van der Waals surface area contributed by atoms with E-state index in [4.69, 9.17) is 9.47 Å². The number of H-pyrrole nitrogens is 1. The molecule has 0 radical (unpaired) electrons. The lowest BCUT2D eigenvalue weighted by Gasteiger charge is -2.19. The Bertz CT molecular complexity index is 875. The number of methoxy groups -OCH3 is 1. The topological polar surface area (TPSA) is 76.2 Å². The third kappa shape index (κ3) is 6.46. The summed E-state index contributed by atoms with van der Waals surface area (Å²) in [5.74, 6) is 1.85. The molecule has 1 aliphatic heterocycles. The van der Waals surface area contributed by atoms with Crippen molar-refractivity contribution in [3.63, 3.8) is 0 Å². The molecule has 1 aromatic heterocycles. The van der Waals surface area contributed by atoms with Crippen LogP contribution in [0.3, 0.4) is 0 Å². The van der Waals surface area contributed by atoms with E-state index in [1.165, 1.54) is 29.7 Å². The fraction of sp³-hybridized carbons (Fsp3) is 0.273. The first kappa shape index (κ1) is 21.0. The molecule has 4 rings (SSSR count). The first-order valence-electron chi connectivity index (χ1n) is 9.36. The highest BCUT2D eigenvalue weighted by molar-refractivity contribution is 5.59. The van der Waals surface area contributed by atoms with Gasteiger partial charge in [-0.3, -0.25) is 4.79 Å². The smallest absolute Gasteiger partial charge is 0.250 e. The Balaban J connectivity index is 0.000000261. The van der Waals surface area contributed by atoms with Gasteiger partial charge in [-0.1, -0.05) is 32.0 Å². The van der Waals surface area contributed by atoms with Crippen molar-refractivity contribution < 1.29 is 9.47 Å². The van der Waals surface area contributed by atoms with Crippen molar-refractivity contribution in [2.75, 3.05) is 25.6 Å². The Hall–Kier alpha value is -3.28. The molecule has 2 aromatic carbocycles. The standard InChI is InChI=1S/C16H17NO2.C4H4N2O.C2H6/c1-18-14-5-2-12(3-6-14)10-13-4-7-15-16(11-13)19-9-8-17-15;7-4-1-2-5-3-6-4;1-2/h2-7,11,17H,8-10H2,1H3;1-3H,(H,5,6,7);1-2H3. The summed E-state index contributed by atoms with van der Waals surface area (Å²) in [6, 6.07) is 15.9. The molecule has 28 heavy (non-hydrogen) atoms. The number of nitrogens with one attached hydrogen (secondary N) is 2. The number of ether oxygens (including phenoxy) is 2. The average molecular weight is 381 g/mol. The van der Waals surface area contributed by atoms with Gasteiger partial charge in [0.15, 0.2) is 0 Å². The van der Waals surface area contributed by atoms with Gasteiger partial charge in [0, 0.05) is 18.8 Å². The van der Waals surface area contributed by atoms with E-state index in [2.05, 4.69) is 45.6 Å². The Kier molecular flexibility index (Phi) is 8.59. The van der Waals surface area contributed by atoms with Gasteiger partial charge in [-0.2, -0.15) is 0 Å². The molecule has 0 bridgehead atoms. The summed E-state index contributed by atoms with van der Waals surface area (Å²) in [5, 5.41) is 3.33. The quantitative estimate of drug-likeness (QED) is 0.720. The van der Waals surface area contributed by atoms with Crippen molar-refractivity contribution >= 4 is 5.69 Å². The van der Waals surface area contributed by atoms with Gasteiger partial charge in [-0.05, 0) is 41.8 Å². The molecule has 148 valence electrons. The molecule has 0 amide bonds. The van der Waals surface area contributed by atoms with Crippen molar-refractivity contribution in [2.45, 2.75) is 20.3 Å². The lowest BCUT2D eigenvalue weighted by molar-refractivity contribution is 0.323. The van der Waals surface area contributed by atoms with Gasteiger partial charge in [0.05, 0.1) is 19.1 Å². The minimum absolute atomic E-state index is 0.116. The van der Waals surface area contributed by atoms with Crippen LogP contribution in [0.4, 0.5) is 5.69 Å². The Morgan fingerprint density at radius 1 is 1.07 bits per heavy atom. The summed E-state index contributed by atoms with van der Waals surface area (Å²) < 4.78 is 10.8. The fourth-order valence-electron chi connectivity index (χ4n) is 2.57. The molecule has 0 aliphatic carbocycles. The molecule has 6 heteroatoms. The van der Waals surface area contributed by atoms with Gasteiger partial charge in [0.1, 0.15) is 18.1 Å². The number of benzene rings is 2. The van der Waals surface area contributed by atoms with E-state index in [1.807, 2.05) is 26.0 Å². The van der Waals surface area contributed by atoms with Crippen LogP contribution in [-0.4, -0.2) is 30.2 Å². The van der Waals surface area contributed by atoms with Crippen molar-refractivity contribution in [1.82, 2.24) is 9.97 Å². The molecule has 3 aromatic rings. The summed E-state index contributed by atoms with van der Waals surface area (Å²) in [7, 11) is 1.68. The molecule has 0 spiro atoms. The summed E-state index contributed by atoms with van der Waals surface area (Å²) in [6.45, 7) is 5.61. The number of aromatic nitrogens is 2. The van der Waals surface area contributed by atoms with Crippen LogP contribution in [0, 0.1) is 0 Å². The largest absolute Gasteiger partial charge is 0.497 e. The Morgan fingerprint density at radius 3 is 2.43 bits per heavy atom. The molecular weight excluding hydrogens is 354 g/mol. The lowest BCUT2D eigenvalue weighted by atomic mass is 10.0. The van der Waals surface area contributed by atoms with Gasteiger partial charge in [-0.25, -0.2) is 4.98 Å². The van der Waals surface area contributed by atoms with Gasteiger partial charge in [0.25, 0.3) is 5.56 Å². The molecule has 2 heterocycles.